The van der Waals surface area contributed by atoms with Crippen LogP contribution in [0.4, 0.5) is 8.78 Å². The largest absolute Gasteiger partial charge is 0.378 e. The Hall–Kier alpha value is -0.310. The van der Waals surface area contributed by atoms with Crippen LogP contribution < -0.4 is 0 Å². The van der Waals surface area contributed by atoms with E-state index in [9.17, 15) is 17.2 Å². The average Bonchev–Trinajstić information content (AvgIpc) is 2.85. The van der Waals surface area contributed by atoms with E-state index in [2.05, 4.69) is 0 Å². The van der Waals surface area contributed by atoms with Crippen molar-refractivity contribution in [3.8, 4) is 0 Å². The number of alkyl halides is 2. The number of ether oxygens (including phenoxy) is 1. The highest BCUT2D eigenvalue weighted by atomic mass is 32.2. The number of likely N-dealkylation sites (N-methyl/N-ethyl adjacent to an activating group) is 2. The van der Waals surface area contributed by atoms with Crippen LogP contribution in [0.5, 0.6) is 0 Å². The van der Waals surface area contributed by atoms with Crippen molar-refractivity contribution in [2.45, 2.75) is 31.8 Å². The molecule has 120 valence electrons. The highest BCUT2D eigenvalue weighted by Crippen LogP contribution is 2.16. The predicted molar refractivity (Wildman–Crippen MR) is 73.5 cm³/mol. The molecule has 8 heteroatoms. The first-order valence-corrected chi connectivity index (χ1v) is 8.44. The van der Waals surface area contributed by atoms with Gasteiger partial charge in [-0.2, -0.15) is 0 Å². The normalized spacial score (nSPS) is 20.4. The molecule has 1 saturated heterocycles. The van der Waals surface area contributed by atoms with Gasteiger partial charge in [0.15, 0.2) is 0 Å². The monoisotopic (exact) mass is 314 g/mol. The molecule has 0 N–H and O–H groups in total. The summed E-state index contributed by atoms with van der Waals surface area (Å²) in [4.78, 5) is 1.43. The number of hydrogen-bond donors (Lipinski definition) is 0. The summed E-state index contributed by atoms with van der Waals surface area (Å²) in [5, 5.41) is 0. The third-order valence-electron chi connectivity index (χ3n) is 3.44. The molecule has 5 nitrogen and oxygen atoms in total. The zero-order valence-electron chi connectivity index (χ0n) is 12.1. The van der Waals surface area contributed by atoms with Gasteiger partial charge in [0.25, 0.3) is 6.43 Å². The van der Waals surface area contributed by atoms with Gasteiger partial charge in [-0.25, -0.2) is 21.5 Å². The summed E-state index contributed by atoms with van der Waals surface area (Å²) in [5.74, 6) is 0.0483. The van der Waals surface area contributed by atoms with Crippen molar-refractivity contribution in [2.24, 2.45) is 0 Å². The van der Waals surface area contributed by atoms with Crippen molar-refractivity contribution < 1.29 is 21.9 Å². The zero-order valence-corrected chi connectivity index (χ0v) is 12.9. The Bertz CT molecular complexity index is 373. The molecule has 1 rings (SSSR count). The van der Waals surface area contributed by atoms with Gasteiger partial charge in [-0.05, 0) is 26.3 Å². The summed E-state index contributed by atoms with van der Waals surface area (Å²) in [6.07, 6.45) is 0.0376. The Morgan fingerprint density at radius 2 is 2.00 bits per heavy atom. The number of halogens is 2. The van der Waals surface area contributed by atoms with Gasteiger partial charge in [0.2, 0.25) is 10.0 Å². The van der Waals surface area contributed by atoms with Gasteiger partial charge in [0.1, 0.15) is 0 Å². The minimum atomic E-state index is -3.33. The molecule has 0 aliphatic carbocycles. The molecule has 0 radical (unpaired) electrons. The summed E-state index contributed by atoms with van der Waals surface area (Å²) < 4.78 is 55.0. The molecular formula is C12H24F2N2O3S. The van der Waals surface area contributed by atoms with Crippen LogP contribution in [0.3, 0.4) is 0 Å². The van der Waals surface area contributed by atoms with E-state index >= 15 is 0 Å². The molecular weight excluding hydrogens is 290 g/mol. The van der Waals surface area contributed by atoms with E-state index < -0.39 is 16.4 Å². The zero-order chi connectivity index (χ0) is 15.2. The molecule has 0 aromatic rings. The lowest BCUT2D eigenvalue weighted by atomic mass is 10.2. The van der Waals surface area contributed by atoms with Crippen LogP contribution in [0.1, 0.15) is 19.3 Å². The van der Waals surface area contributed by atoms with E-state index in [0.29, 0.717) is 19.6 Å². The van der Waals surface area contributed by atoms with Crippen molar-refractivity contribution in [3.05, 3.63) is 0 Å². The molecule has 0 spiro atoms. The van der Waals surface area contributed by atoms with Crippen molar-refractivity contribution in [1.29, 1.82) is 0 Å². The average molecular weight is 314 g/mol. The second-order valence-corrected chi connectivity index (χ2v) is 7.41. The minimum absolute atomic E-state index is 0.0414. The lowest BCUT2D eigenvalue weighted by molar-refractivity contribution is 0.0988. The lowest BCUT2D eigenvalue weighted by Crippen LogP contribution is -2.37. The van der Waals surface area contributed by atoms with E-state index in [1.165, 1.54) is 16.3 Å². The third-order valence-corrected chi connectivity index (χ3v) is 5.33. The Morgan fingerprint density at radius 3 is 2.55 bits per heavy atom. The molecule has 20 heavy (non-hydrogen) atoms. The van der Waals surface area contributed by atoms with Crippen molar-refractivity contribution >= 4 is 10.0 Å². The number of rotatable bonds is 9. The Kier molecular flexibility index (Phi) is 7.28. The van der Waals surface area contributed by atoms with Gasteiger partial charge in [0, 0.05) is 26.7 Å². The van der Waals surface area contributed by atoms with Gasteiger partial charge >= 0.3 is 0 Å². The summed E-state index contributed by atoms with van der Waals surface area (Å²) in [7, 11) is -0.291. The second-order valence-electron chi connectivity index (χ2n) is 5.21. The molecule has 0 saturated carbocycles. The maximum Gasteiger partial charge on any atom is 0.251 e. The Labute approximate surface area is 119 Å². The quantitative estimate of drug-likeness (QED) is 0.637. The lowest BCUT2D eigenvalue weighted by Gasteiger charge is -2.22. The van der Waals surface area contributed by atoms with E-state index in [0.717, 1.165) is 12.8 Å². The molecule has 1 fully saturated rings. The summed E-state index contributed by atoms with van der Waals surface area (Å²) in [6.45, 7) is 0.875. The first-order valence-electron chi connectivity index (χ1n) is 6.83. The standard InChI is InChI=1S/C12H24F2N2O3S/c1-15(10-12(13)14)6-7-16(2)20(17,18)9-5-11-4-3-8-19-11/h11-12H,3-10H2,1-2H3/t11-/m0/s1. The maximum atomic E-state index is 12.1. The summed E-state index contributed by atoms with van der Waals surface area (Å²) in [6, 6.07) is 0. The molecule has 0 bridgehead atoms. The van der Waals surface area contributed by atoms with Gasteiger partial charge < -0.3 is 4.74 Å². The van der Waals surface area contributed by atoms with Crippen LogP contribution in [0.25, 0.3) is 0 Å². The third kappa shape index (κ3) is 6.43. The molecule has 1 aliphatic rings. The smallest absolute Gasteiger partial charge is 0.251 e. The fourth-order valence-electron chi connectivity index (χ4n) is 2.09. The first kappa shape index (κ1) is 17.7. The van der Waals surface area contributed by atoms with E-state index in [-0.39, 0.29) is 24.9 Å². The molecule has 1 aliphatic heterocycles. The van der Waals surface area contributed by atoms with Crippen LogP contribution in [0.15, 0.2) is 0 Å². The van der Waals surface area contributed by atoms with Crippen molar-refractivity contribution in [2.75, 3.05) is 46.1 Å². The number of nitrogens with zero attached hydrogens (tertiary/aromatic N) is 2. The maximum absolute atomic E-state index is 12.1. The Balaban J connectivity index is 2.30. The predicted octanol–water partition coefficient (Wildman–Crippen LogP) is 1.01. The molecule has 0 aromatic heterocycles. The van der Waals surface area contributed by atoms with Gasteiger partial charge in [-0.15, -0.1) is 0 Å². The van der Waals surface area contributed by atoms with E-state index in [1.807, 2.05) is 0 Å². The van der Waals surface area contributed by atoms with Crippen LogP contribution in [-0.4, -0.2) is 76.2 Å². The molecule has 0 aromatic carbocycles. The SMILES string of the molecule is CN(CCN(C)S(=O)(=O)CC[C@@H]1CCCO1)CC(F)F. The van der Waals surface area contributed by atoms with Crippen LogP contribution in [0, 0.1) is 0 Å². The highest BCUT2D eigenvalue weighted by Gasteiger charge is 2.23. The Morgan fingerprint density at radius 1 is 1.30 bits per heavy atom. The highest BCUT2D eigenvalue weighted by molar-refractivity contribution is 7.89. The number of hydrogen-bond acceptors (Lipinski definition) is 4. The molecule has 1 heterocycles. The minimum Gasteiger partial charge on any atom is -0.378 e. The molecule has 0 amide bonds. The molecule has 1 atom stereocenters. The van der Waals surface area contributed by atoms with Crippen LogP contribution >= 0.6 is 0 Å². The van der Waals surface area contributed by atoms with Crippen LogP contribution in [0.2, 0.25) is 0 Å². The van der Waals surface area contributed by atoms with E-state index in [4.69, 9.17) is 4.74 Å². The topological polar surface area (TPSA) is 49.9 Å². The van der Waals surface area contributed by atoms with Crippen molar-refractivity contribution in [3.63, 3.8) is 0 Å². The van der Waals surface area contributed by atoms with Gasteiger partial charge in [-0.1, -0.05) is 0 Å². The summed E-state index contributed by atoms with van der Waals surface area (Å²) >= 11 is 0. The van der Waals surface area contributed by atoms with Crippen LogP contribution in [-0.2, 0) is 14.8 Å². The molecule has 0 unspecified atom stereocenters. The van der Waals surface area contributed by atoms with Crippen molar-refractivity contribution in [1.82, 2.24) is 9.21 Å². The second kappa shape index (κ2) is 8.21. The fourth-order valence-corrected chi connectivity index (χ4v) is 3.32. The summed E-state index contributed by atoms with van der Waals surface area (Å²) in [5.41, 5.74) is 0. The van der Waals surface area contributed by atoms with E-state index in [1.54, 1.807) is 7.05 Å². The first-order chi connectivity index (χ1) is 9.31. The fraction of sp³-hybridized carbons (Fsp3) is 1.00. The van der Waals surface area contributed by atoms with Gasteiger partial charge in [0.05, 0.1) is 18.4 Å². The van der Waals surface area contributed by atoms with Gasteiger partial charge in [-0.3, -0.25) is 4.90 Å². The number of sulfonamides is 1.